The van der Waals surface area contributed by atoms with Crippen molar-refractivity contribution < 1.29 is 14.3 Å². The van der Waals surface area contributed by atoms with Gasteiger partial charge in [0.25, 0.3) is 0 Å². The average Bonchev–Trinajstić information content (AvgIpc) is 2.59. The van der Waals surface area contributed by atoms with Gasteiger partial charge in [0.2, 0.25) is 0 Å². The Balaban J connectivity index is 3.00. The van der Waals surface area contributed by atoms with Crippen molar-refractivity contribution in [2.75, 3.05) is 7.11 Å². The summed E-state index contributed by atoms with van der Waals surface area (Å²) >= 11 is 0. The van der Waals surface area contributed by atoms with Crippen LogP contribution in [0.2, 0.25) is 0 Å². The van der Waals surface area contributed by atoms with Crippen LogP contribution in [0.1, 0.15) is 34.1 Å². The molecule has 0 bridgehead atoms. The summed E-state index contributed by atoms with van der Waals surface area (Å²) in [6, 6.07) is 0. The zero-order valence-corrected chi connectivity index (χ0v) is 10.7. The number of carbonyl (C=O) groups excluding carboxylic acids is 2. The van der Waals surface area contributed by atoms with E-state index in [0.29, 0.717) is 0 Å². The van der Waals surface area contributed by atoms with Gasteiger partial charge in [-0.2, -0.15) is 0 Å². The zero-order chi connectivity index (χ0) is 12.5. The number of rotatable bonds is 3. The SMILES string of the molecule is COC(=O)C1C(C)=CCC1C(C)(C)C(C)=O. The van der Waals surface area contributed by atoms with Crippen LogP contribution in [-0.2, 0) is 14.3 Å². The highest BCUT2D eigenvalue weighted by Gasteiger charge is 2.45. The Morgan fingerprint density at radius 1 is 1.44 bits per heavy atom. The molecular weight excluding hydrogens is 204 g/mol. The van der Waals surface area contributed by atoms with E-state index in [1.807, 2.05) is 26.8 Å². The van der Waals surface area contributed by atoms with Crippen LogP contribution in [0.5, 0.6) is 0 Å². The molecule has 0 amide bonds. The molecule has 0 aromatic rings. The lowest BCUT2D eigenvalue weighted by molar-refractivity contribution is -0.148. The normalized spacial score (nSPS) is 25.2. The van der Waals surface area contributed by atoms with E-state index < -0.39 is 5.41 Å². The van der Waals surface area contributed by atoms with Crippen molar-refractivity contribution in [2.45, 2.75) is 34.1 Å². The maximum atomic E-state index is 11.7. The van der Waals surface area contributed by atoms with E-state index in [4.69, 9.17) is 4.74 Å². The minimum atomic E-state index is -0.479. The molecule has 0 spiro atoms. The first-order chi connectivity index (χ1) is 7.32. The Hall–Kier alpha value is -1.12. The molecule has 0 saturated heterocycles. The number of allylic oxidation sites excluding steroid dienone is 1. The fourth-order valence-electron chi connectivity index (χ4n) is 2.34. The molecule has 16 heavy (non-hydrogen) atoms. The fraction of sp³-hybridized carbons (Fsp3) is 0.692. The first-order valence-corrected chi connectivity index (χ1v) is 5.58. The molecule has 2 atom stereocenters. The van der Waals surface area contributed by atoms with Gasteiger partial charge in [0, 0.05) is 5.41 Å². The summed E-state index contributed by atoms with van der Waals surface area (Å²) in [6.45, 7) is 7.32. The molecule has 3 nitrogen and oxygen atoms in total. The number of ether oxygens (including phenoxy) is 1. The van der Waals surface area contributed by atoms with Crippen LogP contribution in [0.4, 0.5) is 0 Å². The molecule has 1 rings (SSSR count). The highest BCUT2D eigenvalue weighted by Crippen LogP contribution is 2.44. The van der Waals surface area contributed by atoms with Crippen molar-refractivity contribution in [1.82, 2.24) is 0 Å². The number of esters is 1. The van der Waals surface area contributed by atoms with Gasteiger partial charge in [-0.3, -0.25) is 9.59 Å². The third kappa shape index (κ3) is 2.04. The van der Waals surface area contributed by atoms with E-state index in [2.05, 4.69) is 0 Å². The monoisotopic (exact) mass is 224 g/mol. The molecule has 90 valence electrons. The van der Waals surface area contributed by atoms with Crippen molar-refractivity contribution in [3.05, 3.63) is 11.6 Å². The third-order valence-electron chi connectivity index (χ3n) is 3.88. The molecule has 0 radical (unpaired) electrons. The quantitative estimate of drug-likeness (QED) is 0.546. The van der Waals surface area contributed by atoms with Crippen molar-refractivity contribution >= 4 is 11.8 Å². The summed E-state index contributed by atoms with van der Waals surface area (Å²) in [4.78, 5) is 23.4. The van der Waals surface area contributed by atoms with Crippen LogP contribution in [0.25, 0.3) is 0 Å². The summed E-state index contributed by atoms with van der Waals surface area (Å²) in [7, 11) is 1.39. The molecule has 3 heteroatoms. The standard InChI is InChI=1S/C13H20O3/c1-8-6-7-10(11(8)12(15)16-5)13(3,4)9(2)14/h6,10-11H,7H2,1-5H3. The Morgan fingerprint density at radius 2 is 2.00 bits per heavy atom. The van der Waals surface area contributed by atoms with Crippen LogP contribution in [0.15, 0.2) is 11.6 Å². The summed E-state index contributed by atoms with van der Waals surface area (Å²) in [5, 5.41) is 0. The fourth-order valence-corrected chi connectivity index (χ4v) is 2.34. The van der Waals surface area contributed by atoms with Gasteiger partial charge in [0.1, 0.15) is 5.78 Å². The van der Waals surface area contributed by atoms with Gasteiger partial charge in [-0.05, 0) is 26.2 Å². The van der Waals surface area contributed by atoms with Crippen molar-refractivity contribution in [3.63, 3.8) is 0 Å². The maximum absolute atomic E-state index is 11.7. The zero-order valence-electron chi connectivity index (χ0n) is 10.7. The summed E-state index contributed by atoms with van der Waals surface area (Å²) < 4.78 is 4.82. The largest absolute Gasteiger partial charge is 0.469 e. The first kappa shape index (κ1) is 12.9. The van der Waals surface area contributed by atoms with Gasteiger partial charge < -0.3 is 4.74 Å². The second kappa shape index (κ2) is 4.40. The molecule has 0 N–H and O–H groups in total. The maximum Gasteiger partial charge on any atom is 0.313 e. The van der Waals surface area contributed by atoms with Gasteiger partial charge in [-0.1, -0.05) is 25.5 Å². The molecule has 0 aliphatic heterocycles. The van der Waals surface area contributed by atoms with Crippen molar-refractivity contribution in [2.24, 2.45) is 17.3 Å². The lowest BCUT2D eigenvalue weighted by atomic mass is 9.69. The molecule has 0 saturated carbocycles. The van der Waals surface area contributed by atoms with E-state index in [1.165, 1.54) is 7.11 Å². The average molecular weight is 224 g/mol. The van der Waals surface area contributed by atoms with E-state index in [-0.39, 0.29) is 23.6 Å². The predicted octanol–water partition coefficient (Wildman–Crippen LogP) is 2.36. The van der Waals surface area contributed by atoms with Crippen LogP contribution in [0, 0.1) is 17.3 Å². The van der Waals surface area contributed by atoms with Crippen molar-refractivity contribution in [3.8, 4) is 0 Å². The number of hydrogen-bond acceptors (Lipinski definition) is 3. The molecular formula is C13H20O3. The summed E-state index contributed by atoms with van der Waals surface area (Å²) in [5.74, 6) is -0.346. The van der Waals surface area contributed by atoms with Crippen LogP contribution >= 0.6 is 0 Å². The number of carbonyl (C=O) groups is 2. The van der Waals surface area contributed by atoms with Crippen LogP contribution < -0.4 is 0 Å². The Labute approximate surface area is 96.9 Å². The molecule has 2 unspecified atom stereocenters. The summed E-state index contributed by atoms with van der Waals surface area (Å²) in [5.41, 5.74) is 0.541. The topological polar surface area (TPSA) is 43.4 Å². The van der Waals surface area contributed by atoms with E-state index in [0.717, 1.165) is 12.0 Å². The van der Waals surface area contributed by atoms with E-state index >= 15 is 0 Å². The van der Waals surface area contributed by atoms with Gasteiger partial charge in [0.05, 0.1) is 13.0 Å². The van der Waals surface area contributed by atoms with Gasteiger partial charge >= 0.3 is 5.97 Å². The smallest absolute Gasteiger partial charge is 0.313 e. The highest BCUT2D eigenvalue weighted by molar-refractivity contribution is 5.84. The second-order valence-corrected chi connectivity index (χ2v) is 5.07. The minimum Gasteiger partial charge on any atom is -0.469 e. The van der Waals surface area contributed by atoms with Crippen molar-refractivity contribution in [1.29, 1.82) is 0 Å². The lowest BCUT2D eigenvalue weighted by Gasteiger charge is -2.33. The summed E-state index contributed by atoms with van der Waals surface area (Å²) in [6.07, 6.45) is 2.81. The van der Waals surface area contributed by atoms with Crippen LogP contribution in [-0.4, -0.2) is 18.9 Å². The third-order valence-corrected chi connectivity index (χ3v) is 3.88. The Kier molecular flexibility index (Phi) is 3.56. The minimum absolute atomic E-state index is 0.0254. The van der Waals surface area contributed by atoms with E-state index in [9.17, 15) is 9.59 Å². The first-order valence-electron chi connectivity index (χ1n) is 5.58. The molecule has 0 heterocycles. The molecule has 0 aromatic carbocycles. The Morgan fingerprint density at radius 3 is 2.44 bits per heavy atom. The predicted molar refractivity (Wildman–Crippen MR) is 61.8 cm³/mol. The van der Waals surface area contributed by atoms with Gasteiger partial charge in [-0.25, -0.2) is 0 Å². The van der Waals surface area contributed by atoms with Gasteiger partial charge in [-0.15, -0.1) is 0 Å². The van der Waals surface area contributed by atoms with Crippen LogP contribution in [0.3, 0.4) is 0 Å². The van der Waals surface area contributed by atoms with Gasteiger partial charge in [0.15, 0.2) is 0 Å². The molecule has 0 fully saturated rings. The second-order valence-electron chi connectivity index (χ2n) is 5.07. The number of hydrogen-bond donors (Lipinski definition) is 0. The van der Waals surface area contributed by atoms with E-state index in [1.54, 1.807) is 6.92 Å². The lowest BCUT2D eigenvalue weighted by Crippen LogP contribution is -2.37. The number of methoxy groups -OCH3 is 1. The molecule has 0 aromatic heterocycles. The number of Topliss-reactive ketones (excluding diaryl/α,β-unsaturated/α-hetero) is 1. The highest BCUT2D eigenvalue weighted by atomic mass is 16.5. The number of ketones is 1. The molecule has 1 aliphatic rings. The molecule has 1 aliphatic carbocycles. The Bertz CT molecular complexity index is 339.